The van der Waals surface area contributed by atoms with E-state index in [4.69, 9.17) is 4.74 Å². The van der Waals surface area contributed by atoms with E-state index >= 15 is 0 Å². The summed E-state index contributed by atoms with van der Waals surface area (Å²) in [6.45, 7) is 6.31. The van der Waals surface area contributed by atoms with Crippen LogP contribution in [-0.4, -0.2) is 17.9 Å². The monoisotopic (exact) mass is 248 g/mol. The second-order valence-corrected chi connectivity index (χ2v) is 4.17. The Balaban J connectivity index is 4.00. The molecule has 0 spiro atoms. The molecule has 0 bridgehead atoms. The molecule has 0 radical (unpaired) electrons. The lowest BCUT2D eigenvalue weighted by Crippen LogP contribution is -2.16. The summed E-state index contributed by atoms with van der Waals surface area (Å²) in [5, 5.41) is 0.819. The van der Waals surface area contributed by atoms with Crippen LogP contribution in [0.3, 0.4) is 0 Å². The fraction of sp³-hybridized carbons (Fsp3) is 0.700. The van der Waals surface area contributed by atoms with Crippen molar-refractivity contribution < 1.29 is 9.53 Å². The second-order valence-electron chi connectivity index (χ2n) is 3.53. The maximum Gasteiger partial charge on any atom is 0.306 e. The van der Waals surface area contributed by atoms with E-state index in [0.29, 0.717) is 13.0 Å². The minimum Gasteiger partial charge on any atom is -0.466 e. The van der Waals surface area contributed by atoms with Gasteiger partial charge >= 0.3 is 5.97 Å². The number of alkyl halides is 1. The van der Waals surface area contributed by atoms with Gasteiger partial charge in [0.25, 0.3) is 0 Å². The Labute approximate surface area is 88.5 Å². The van der Waals surface area contributed by atoms with Crippen LogP contribution in [0.25, 0.3) is 0 Å². The molecule has 0 atom stereocenters. The third-order valence-corrected chi connectivity index (χ3v) is 1.94. The molecule has 0 rings (SSSR count). The zero-order chi connectivity index (χ0) is 10.3. The standard InChI is InChI=1S/C10H17BrO2/c1-4-13-9(12)8-10(2,3)6-5-7-11/h5-6H,4,7-8H2,1-3H3. The molecule has 76 valence electrons. The molecule has 13 heavy (non-hydrogen) atoms. The van der Waals surface area contributed by atoms with Gasteiger partial charge in [-0.15, -0.1) is 0 Å². The summed E-state index contributed by atoms with van der Waals surface area (Å²) in [7, 11) is 0. The quantitative estimate of drug-likeness (QED) is 0.425. The summed E-state index contributed by atoms with van der Waals surface area (Å²) in [5.74, 6) is -0.133. The van der Waals surface area contributed by atoms with Gasteiger partial charge in [0.05, 0.1) is 13.0 Å². The molecule has 0 amide bonds. The van der Waals surface area contributed by atoms with Crippen molar-refractivity contribution in [2.45, 2.75) is 27.2 Å². The SMILES string of the molecule is CCOC(=O)CC(C)(C)C=CCBr. The molecule has 0 fully saturated rings. The molecule has 0 aromatic heterocycles. The van der Waals surface area contributed by atoms with Crippen LogP contribution in [0.2, 0.25) is 0 Å². The number of allylic oxidation sites excluding steroid dienone is 2. The van der Waals surface area contributed by atoms with Gasteiger partial charge in [0.15, 0.2) is 0 Å². The lowest BCUT2D eigenvalue weighted by molar-refractivity contribution is -0.144. The highest BCUT2D eigenvalue weighted by molar-refractivity contribution is 9.09. The Morgan fingerprint density at radius 1 is 1.54 bits per heavy atom. The Morgan fingerprint density at radius 3 is 2.62 bits per heavy atom. The summed E-state index contributed by atoms with van der Waals surface area (Å²) in [6, 6.07) is 0. The first kappa shape index (κ1) is 12.7. The first-order chi connectivity index (χ1) is 6.02. The third kappa shape index (κ3) is 6.82. The van der Waals surface area contributed by atoms with E-state index < -0.39 is 0 Å². The predicted molar refractivity (Wildman–Crippen MR) is 58.0 cm³/mol. The van der Waals surface area contributed by atoms with E-state index in [1.54, 1.807) is 0 Å². The summed E-state index contributed by atoms with van der Waals surface area (Å²) in [4.78, 5) is 11.2. The molecule has 0 saturated carbocycles. The van der Waals surface area contributed by atoms with Crippen molar-refractivity contribution in [1.29, 1.82) is 0 Å². The van der Waals surface area contributed by atoms with E-state index in [1.165, 1.54) is 0 Å². The molecule has 0 aliphatic rings. The molecule has 2 nitrogen and oxygen atoms in total. The van der Waals surface area contributed by atoms with Gasteiger partial charge < -0.3 is 4.74 Å². The zero-order valence-electron chi connectivity index (χ0n) is 8.47. The molecule has 0 saturated heterocycles. The maximum atomic E-state index is 11.2. The van der Waals surface area contributed by atoms with Crippen molar-refractivity contribution in [1.82, 2.24) is 0 Å². The van der Waals surface area contributed by atoms with Crippen molar-refractivity contribution in [3.63, 3.8) is 0 Å². The van der Waals surface area contributed by atoms with Gasteiger partial charge in [0, 0.05) is 5.33 Å². The highest BCUT2D eigenvalue weighted by Crippen LogP contribution is 2.22. The summed E-state index contributed by atoms with van der Waals surface area (Å²) >= 11 is 3.30. The normalized spacial score (nSPS) is 12.0. The van der Waals surface area contributed by atoms with Crippen LogP contribution in [0.15, 0.2) is 12.2 Å². The predicted octanol–water partition coefficient (Wildman–Crippen LogP) is 2.92. The largest absolute Gasteiger partial charge is 0.466 e. The van der Waals surface area contributed by atoms with Crippen LogP contribution in [-0.2, 0) is 9.53 Å². The number of rotatable bonds is 5. The first-order valence-electron chi connectivity index (χ1n) is 4.41. The number of halogens is 1. The molecule has 0 aliphatic heterocycles. The van der Waals surface area contributed by atoms with Crippen molar-refractivity contribution in [2.24, 2.45) is 5.41 Å². The van der Waals surface area contributed by atoms with Crippen LogP contribution in [0, 0.1) is 5.41 Å². The van der Waals surface area contributed by atoms with Gasteiger partial charge in [0.2, 0.25) is 0 Å². The molecule has 0 aromatic rings. The van der Waals surface area contributed by atoms with Crippen LogP contribution < -0.4 is 0 Å². The Bertz CT molecular complexity index is 185. The smallest absolute Gasteiger partial charge is 0.306 e. The van der Waals surface area contributed by atoms with Crippen molar-refractivity contribution in [3.05, 3.63) is 12.2 Å². The molecular formula is C10H17BrO2. The van der Waals surface area contributed by atoms with Crippen LogP contribution in [0.1, 0.15) is 27.2 Å². The first-order valence-corrected chi connectivity index (χ1v) is 5.53. The lowest BCUT2D eigenvalue weighted by Gasteiger charge is -2.18. The number of esters is 1. The Hall–Kier alpha value is -0.310. The van der Waals surface area contributed by atoms with Gasteiger partial charge in [-0.3, -0.25) is 4.79 Å². The minimum atomic E-state index is -0.133. The van der Waals surface area contributed by atoms with E-state index in [9.17, 15) is 4.79 Å². The van der Waals surface area contributed by atoms with Gasteiger partial charge in [0.1, 0.15) is 0 Å². The van der Waals surface area contributed by atoms with Crippen LogP contribution in [0.4, 0.5) is 0 Å². The Morgan fingerprint density at radius 2 is 2.15 bits per heavy atom. The fourth-order valence-electron chi connectivity index (χ4n) is 1.01. The summed E-state index contributed by atoms with van der Waals surface area (Å²) in [5.41, 5.74) is -0.111. The Kier molecular flexibility index (Phi) is 6.04. The molecule has 0 unspecified atom stereocenters. The van der Waals surface area contributed by atoms with Crippen LogP contribution >= 0.6 is 15.9 Å². The van der Waals surface area contributed by atoms with E-state index in [-0.39, 0.29) is 11.4 Å². The van der Waals surface area contributed by atoms with Gasteiger partial charge in [-0.1, -0.05) is 41.9 Å². The number of ether oxygens (including phenoxy) is 1. The number of hydrogen-bond donors (Lipinski definition) is 0. The van der Waals surface area contributed by atoms with Crippen molar-refractivity contribution in [3.8, 4) is 0 Å². The van der Waals surface area contributed by atoms with Crippen molar-refractivity contribution in [2.75, 3.05) is 11.9 Å². The average molecular weight is 249 g/mol. The maximum absolute atomic E-state index is 11.2. The third-order valence-electron chi connectivity index (χ3n) is 1.56. The van der Waals surface area contributed by atoms with E-state index in [0.717, 1.165) is 5.33 Å². The topological polar surface area (TPSA) is 26.3 Å². The molecule has 3 heteroatoms. The van der Waals surface area contributed by atoms with Crippen LogP contribution in [0.5, 0.6) is 0 Å². The number of hydrogen-bond acceptors (Lipinski definition) is 2. The van der Waals surface area contributed by atoms with E-state index in [1.807, 2.05) is 32.9 Å². The lowest BCUT2D eigenvalue weighted by atomic mass is 9.89. The number of carbonyl (C=O) groups is 1. The summed E-state index contributed by atoms with van der Waals surface area (Å²) in [6.07, 6.45) is 4.46. The van der Waals surface area contributed by atoms with Crippen molar-refractivity contribution >= 4 is 21.9 Å². The van der Waals surface area contributed by atoms with Gasteiger partial charge in [-0.05, 0) is 12.3 Å². The molecule has 0 N–H and O–H groups in total. The molecule has 0 heterocycles. The number of carbonyl (C=O) groups excluding carboxylic acids is 1. The second kappa shape index (κ2) is 6.19. The zero-order valence-corrected chi connectivity index (χ0v) is 10.1. The summed E-state index contributed by atoms with van der Waals surface area (Å²) < 4.78 is 4.87. The highest BCUT2D eigenvalue weighted by Gasteiger charge is 2.19. The van der Waals surface area contributed by atoms with Gasteiger partial charge in [-0.25, -0.2) is 0 Å². The van der Waals surface area contributed by atoms with E-state index in [2.05, 4.69) is 15.9 Å². The highest BCUT2D eigenvalue weighted by atomic mass is 79.9. The molecular weight excluding hydrogens is 232 g/mol. The molecule has 0 aromatic carbocycles. The van der Waals surface area contributed by atoms with Gasteiger partial charge in [-0.2, -0.15) is 0 Å². The fourth-order valence-corrected chi connectivity index (χ4v) is 1.19. The molecule has 0 aliphatic carbocycles. The minimum absolute atomic E-state index is 0.111. The average Bonchev–Trinajstić information content (AvgIpc) is 2.00.